The Kier molecular flexibility index (Phi) is 11.1. The molecule has 11 heteroatoms. The van der Waals surface area contributed by atoms with E-state index in [1.807, 2.05) is 37.3 Å². The third-order valence-corrected chi connectivity index (χ3v) is 8.16. The van der Waals surface area contributed by atoms with Crippen LogP contribution in [-0.4, -0.2) is 46.2 Å². The average molecular weight is 615 g/mol. The summed E-state index contributed by atoms with van der Waals surface area (Å²) in [7, 11) is -4.11. The monoisotopic (exact) mass is 614 g/mol. The van der Waals surface area contributed by atoms with Crippen LogP contribution in [0.15, 0.2) is 119 Å². The summed E-state index contributed by atoms with van der Waals surface area (Å²) in [4.78, 5) is 25.2. The molecule has 4 aromatic rings. The van der Waals surface area contributed by atoms with E-state index >= 15 is 0 Å². The van der Waals surface area contributed by atoms with Gasteiger partial charge in [-0.1, -0.05) is 60.7 Å². The molecule has 0 spiro atoms. The van der Waals surface area contributed by atoms with Crippen molar-refractivity contribution in [1.82, 2.24) is 10.7 Å². The molecule has 0 heterocycles. The second-order valence-electron chi connectivity index (χ2n) is 9.58. The van der Waals surface area contributed by atoms with Gasteiger partial charge in [-0.2, -0.15) is 5.10 Å². The molecule has 4 rings (SSSR count). The number of nitrogens with zero attached hydrogens (tertiary/aromatic N) is 2. The van der Waals surface area contributed by atoms with Gasteiger partial charge in [0.2, 0.25) is 0 Å². The van der Waals surface area contributed by atoms with Crippen molar-refractivity contribution in [2.45, 2.75) is 24.8 Å². The number of amides is 2. The van der Waals surface area contributed by atoms with Crippen LogP contribution in [0.4, 0.5) is 5.69 Å². The molecule has 0 saturated carbocycles. The van der Waals surface area contributed by atoms with Crippen LogP contribution < -0.4 is 24.5 Å². The first-order valence-corrected chi connectivity index (χ1v) is 15.4. The normalized spacial score (nSPS) is 11.9. The minimum absolute atomic E-state index is 0.0353. The first kappa shape index (κ1) is 31.8. The summed E-state index contributed by atoms with van der Waals surface area (Å²) in [6.45, 7) is 3.33. The Morgan fingerprint density at radius 2 is 1.48 bits per heavy atom. The molecular weight excluding hydrogens is 580 g/mol. The van der Waals surface area contributed by atoms with Crippen molar-refractivity contribution in [2.75, 3.05) is 24.1 Å². The SMILES string of the molecule is CCOc1ccccc1N(CC(=O)N/N=C\c1ccc(OCC(=O)N[C@@H](C)c2ccccc2)cc1)S(=O)(=O)c1ccccc1. The van der Waals surface area contributed by atoms with E-state index in [2.05, 4.69) is 15.8 Å². The van der Waals surface area contributed by atoms with E-state index in [0.717, 1.165) is 9.87 Å². The molecule has 10 nitrogen and oxygen atoms in total. The highest BCUT2D eigenvalue weighted by Crippen LogP contribution is 2.32. The predicted octanol–water partition coefficient (Wildman–Crippen LogP) is 4.69. The summed E-state index contributed by atoms with van der Waals surface area (Å²) in [5, 5.41) is 6.88. The second kappa shape index (κ2) is 15.4. The van der Waals surface area contributed by atoms with Gasteiger partial charge >= 0.3 is 0 Å². The van der Waals surface area contributed by atoms with Gasteiger partial charge in [0.1, 0.15) is 18.0 Å². The van der Waals surface area contributed by atoms with Crippen LogP contribution >= 0.6 is 0 Å². The number of sulfonamides is 1. The molecule has 2 amide bonds. The standard InChI is InChI=1S/C33H34N4O6S/c1-3-42-31-17-11-10-16-30(31)37(44(40,41)29-14-8-5-9-15-29)23-32(38)36-34-22-26-18-20-28(21-19-26)43-24-33(39)35-25(2)27-12-6-4-7-13-27/h4-22,25H,3,23-24H2,1-2H3,(H,35,39)(H,36,38)/b34-22-/t25-/m0/s1. The zero-order chi connectivity index (χ0) is 31.4. The molecule has 0 bridgehead atoms. The van der Waals surface area contributed by atoms with Crippen LogP contribution in [0.1, 0.15) is 31.0 Å². The highest BCUT2D eigenvalue weighted by atomic mass is 32.2. The molecule has 0 aliphatic heterocycles. The van der Waals surface area contributed by atoms with E-state index in [0.29, 0.717) is 23.7 Å². The number of ether oxygens (including phenoxy) is 2. The summed E-state index contributed by atoms with van der Waals surface area (Å²) >= 11 is 0. The average Bonchev–Trinajstić information content (AvgIpc) is 3.04. The van der Waals surface area contributed by atoms with E-state index in [4.69, 9.17) is 9.47 Å². The minimum Gasteiger partial charge on any atom is -0.492 e. The molecule has 0 aliphatic carbocycles. The molecular formula is C33H34N4O6S. The number of benzene rings is 4. The van der Waals surface area contributed by atoms with Gasteiger partial charge in [-0.25, -0.2) is 13.8 Å². The van der Waals surface area contributed by atoms with E-state index in [-0.39, 0.29) is 29.1 Å². The van der Waals surface area contributed by atoms with E-state index in [1.54, 1.807) is 73.7 Å². The topological polar surface area (TPSA) is 126 Å². The van der Waals surface area contributed by atoms with Gasteiger partial charge in [0.05, 0.1) is 29.4 Å². The van der Waals surface area contributed by atoms with Gasteiger partial charge < -0.3 is 14.8 Å². The Balaban J connectivity index is 1.35. The number of hydrogen-bond donors (Lipinski definition) is 2. The van der Waals surface area contributed by atoms with Gasteiger partial charge in [-0.05, 0) is 73.5 Å². The van der Waals surface area contributed by atoms with Crippen molar-refractivity contribution in [1.29, 1.82) is 0 Å². The third-order valence-electron chi connectivity index (χ3n) is 6.38. The summed E-state index contributed by atoms with van der Waals surface area (Å²) in [5.41, 5.74) is 4.27. The van der Waals surface area contributed by atoms with Gasteiger partial charge in [-0.3, -0.25) is 13.9 Å². The van der Waals surface area contributed by atoms with E-state index in [1.165, 1.54) is 18.3 Å². The molecule has 44 heavy (non-hydrogen) atoms. The van der Waals surface area contributed by atoms with Crippen molar-refractivity contribution in [3.05, 3.63) is 120 Å². The summed E-state index contributed by atoms with van der Waals surface area (Å²) in [6, 6.07) is 30.8. The van der Waals surface area contributed by atoms with Crippen LogP contribution in [0, 0.1) is 0 Å². The summed E-state index contributed by atoms with van der Waals surface area (Å²) < 4.78 is 39.4. The van der Waals surface area contributed by atoms with E-state index < -0.39 is 22.5 Å². The number of hydrogen-bond acceptors (Lipinski definition) is 7. The molecule has 228 valence electrons. The number of carbonyl (C=O) groups excluding carboxylic acids is 2. The van der Waals surface area contributed by atoms with Gasteiger partial charge in [-0.15, -0.1) is 0 Å². The summed E-state index contributed by atoms with van der Waals surface area (Å²) in [5.74, 6) is -0.0793. The highest BCUT2D eigenvalue weighted by Gasteiger charge is 2.29. The van der Waals surface area contributed by atoms with Crippen molar-refractivity contribution in [2.24, 2.45) is 5.10 Å². The molecule has 0 radical (unpaired) electrons. The van der Waals surface area contributed by atoms with Crippen LogP contribution in [-0.2, 0) is 19.6 Å². The first-order valence-electron chi connectivity index (χ1n) is 14.0. The Morgan fingerprint density at radius 1 is 0.841 bits per heavy atom. The van der Waals surface area contributed by atoms with Crippen LogP contribution in [0.5, 0.6) is 11.5 Å². The lowest BCUT2D eigenvalue weighted by Gasteiger charge is -2.25. The Morgan fingerprint density at radius 3 is 2.16 bits per heavy atom. The molecule has 2 N–H and O–H groups in total. The Bertz CT molecular complexity index is 1660. The largest absolute Gasteiger partial charge is 0.492 e. The maximum atomic E-state index is 13.6. The summed E-state index contributed by atoms with van der Waals surface area (Å²) in [6.07, 6.45) is 1.42. The number of carbonyl (C=O) groups is 2. The smallest absolute Gasteiger partial charge is 0.264 e. The van der Waals surface area contributed by atoms with Crippen molar-refractivity contribution in [3.8, 4) is 11.5 Å². The predicted molar refractivity (Wildman–Crippen MR) is 169 cm³/mol. The van der Waals surface area contributed by atoms with Crippen LogP contribution in [0.2, 0.25) is 0 Å². The fourth-order valence-electron chi connectivity index (χ4n) is 4.21. The van der Waals surface area contributed by atoms with E-state index in [9.17, 15) is 18.0 Å². The molecule has 4 aromatic carbocycles. The van der Waals surface area contributed by atoms with Gasteiger partial charge in [0.25, 0.3) is 21.8 Å². The van der Waals surface area contributed by atoms with Crippen molar-refractivity contribution < 1.29 is 27.5 Å². The molecule has 0 aromatic heterocycles. The zero-order valence-corrected chi connectivity index (χ0v) is 25.2. The second-order valence-corrected chi connectivity index (χ2v) is 11.4. The van der Waals surface area contributed by atoms with Crippen LogP contribution in [0.3, 0.4) is 0 Å². The maximum Gasteiger partial charge on any atom is 0.264 e. The highest BCUT2D eigenvalue weighted by molar-refractivity contribution is 7.92. The number of hydrazone groups is 1. The van der Waals surface area contributed by atoms with Crippen molar-refractivity contribution in [3.63, 3.8) is 0 Å². The number of anilines is 1. The lowest BCUT2D eigenvalue weighted by molar-refractivity contribution is -0.123. The molecule has 0 aliphatic rings. The molecule has 1 atom stereocenters. The van der Waals surface area contributed by atoms with Crippen LogP contribution in [0.25, 0.3) is 0 Å². The van der Waals surface area contributed by atoms with Gasteiger partial charge in [0.15, 0.2) is 6.61 Å². The number of nitrogens with one attached hydrogen (secondary N) is 2. The third kappa shape index (κ3) is 8.68. The number of para-hydroxylation sites is 2. The molecule has 0 unspecified atom stereocenters. The fraction of sp³-hybridized carbons (Fsp3) is 0.182. The minimum atomic E-state index is -4.11. The first-order chi connectivity index (χ1) is 21.3. The zero-order valence-electron chi connectivity index (χ0n) is 24.4. The quantitative estimate of drug-likeness (QED) is 0.157. The Hall–Kier alpha value is -5.16. The molecule has 0 saturated heterocycles. The van der Waals surface area contributed by atoms with Gasteiger partial charge in [0, 0.05) is 0 Å². The number of rotatable bonds is 14. The lowest BCUT2D eigenvalue weighted by atomic mass is 10.1. The Labute approximate surface area is 257 Å². The lowest BCUT2D eigenvalue weighted by Crippen LogP contribution is -2.39. The molecule has 0 fully saturated rings. The maximum absolute atomic E-state index is 13.6. The fourth-order valence-corrected chi connectivity index (χ4v) is 5.66. The van der Waals surface area contributed by atoms with Crippen molar-refractivity contribution >= 4 is 33.7 Å².